The van der Waals surface area contributed by atoms with Crippen LogP contribution in [-0.2, 0) is 0 Å². The first kappa shape index (κ1) is 19.9. The van der Waals surface area contributed by atoms with Gasteiger partial charge < -0.3 is 15.3 Å². The molecule has 144 valence electrons. The monoisotopic (exact) mass is 459 g/mol. The van der Waals surface area contributed by atoms with Gasteiger partial charge in [-0.05, 0) is 31.2 Å². The quantitative estimate of drug-likeness (QED) is 0.299. The molecule has 0 atom stereocenters. The summed E-state index contributed by atoms with van der Waals surface area (Å²) in [5.41, 5.74) is 2.97. The standard InChI is InChI=1S/C20H18BrN3O3S/c1-12(2)9-22-20-24(16(11-28-20)13-3-6-15(21)7-4-13)23-10-14-5-8-17(25)19(27)18(14)26/h3-8,10-11,25-27H,1,9H2,2H3. The summed E-state index contributed by atoms with van der Waals surface area (Å²) in [7, 11) is 0. The number of thiazole rings is 1. The molecular formula is C20H18BrN3O3S. The van der Waals surface area contributed by atoms with Gasteiger partial charge in [0.25, 0.3) is 0 Å². The Bertz CT molecular complexity index is 1110. The Morgan fingerprint density at radius 2 is 1.86 bits per heavy atom. The summed E-state index contributed by atoms with van der Waals surface area (Å²) in [6, 6.07) is 10.6. The molecule has 3 N–H and O–H groups in total. The van der Waals surface area contributed by atoms with Crippen LogP contribution >= 0.6 is 27.3 Å². The molecule has 6 nitrogen and oxygen atoms in total. The van der Waals surface area contributed by atoms with Crippen LogP contribution in [0.2, 0.25) is 0 Å². The van der Waals surface area contributed by atoms with Gasteiger partial charge in [0.1, 0.15) is 0 Å². The lowest BCUT2D eigenvalue weighted by Crippen LogP contribution is -2.13. The minimum atomic E-state index is -0.584. The molecule has 0 saturated heterocycles. The molecule has 28 heavy (non-hydrogen) atoms. The summed E-state index contributed by atoms with van der Waals surface area (Å²) in [6.07, 6.45) is 1.41. The lowest BCUT2D eigenvalue weighted by molar-refractivity contribution is 0.367. The summed E-state index contributed by atoms with van der Waals surface area (Å²) >= 11 is 4.87. The number of benzene rings is 2. The Kier molecular flexibility index (Phi) is 6.01. The van der Waals surface area contributed by atoms with Gasteiger partial charge in [0.05, 0.1) is 18.5 Å². The van der Waals surface area contributed by atoms with Gasteiger partial charge in [0.15, 0.2) is 11.5 Å². The van der Waals surface area contributed by atoms with Gasteiger partial charge >= 0.3 is 0 Å². The molecule has 0 amide bonds. The number of halogens is 1. The van der Waals surface area contributed by atoms with Crippen LogP contribution in [0.3, 0.4) is 0 Å². The number of hydrogen-bond acceptors (Lipinski definition) is 6. The molecule has 1 heterocycles. The predicted octanol–water partition coefficient (Wildman–Crippen LogP) is 4.45. The Morgan fingerprint density at radius 3 is 2.54 bits per heavy atom. The Balaban J connectivity index is 2.10. The van der Waals surface area contributed by atoms with Gasteiger partial charge in [-0.2, -0.15) is 5.10 Å². The highest BCUT2D eigenvalue weighted by molar-refractivity contribution is 9.10. The van der Waals surface area contributed by atoms with Crippen molar-refractivity contribution in [3.05, 3.63) is 68.8 Å². The number of aromatic hydroxyl groups is 3. The molecule has 0 spiro atoms. The molecular weight excluding hydrogens is 442 g/mol. The fourth-order valence-corrected chi connectivity index (χ4v) is 3.45. The number of hydrogen-bond donors (Lipinski definition) is 3. The highest BCUT2D eigenvalue weighted by Gasteiger charge is 2.11. The van der Waals surface area contributed by atoms with Gasteiger partial charge in [0.2, 0.25) is 10.6 Å². The number of phenols is 3. The summed E-state index contributed by atoms with van der Waals surface area (Å²) < 4.78 is 2.64. The van der Waals surface area contributed by atoms with Crippen LogP contribution in [-0.4, -0.2) is 32.8 Å². The van der Waals surface area contributed by atoms with Crippen molar-refractivity contribution in [2.75, 3.05) is 6.54 Å². The number of nitrogens with zero attached hydrogens (tertiary/aromatic N) is 3. The molecule has 3 aromatic rings. The fraction of sp³-hybridized carbons (Fsp3) is 0.100. The second-order valence-corrected chi connectivity index (χ2v) is 7.86. The zero-order chi connectivity index (χ0) is 20.3. The fourth-order valence-electron chi connectivity index (χ4n) is 2.35. The molecule has 0 fully saturated rings. The lowest BCUT2D eigenvalue weighted by Gasteiger charge is -2.06. The predicted molar refractivity (Wildman–Crippen MR) is 115 cm³/mol. The summed E-state index contributed by atoms with van der Waals surface area (Å²) in [5, 5.41) is 35.6. The third-order valence-electron chi connectivity index (χ3n) is 3.78. The molecule has 0 aliphatic carbocycles. The van der Waals surface area contributed by atoms with E-state index < -0.39 is 17.2 Å². The van der Waals surface area contributed by atoms with E-state index in [0.717, 1.165) is 21.3 Å². The number of phenolic OH excluding ortho intramolecular Hbond substituents is 3. The van der Waals surface area contributed by atoms with Gasteiger partial charge in [-0.1, -0.05) is 40.2 Å². The van der Waals surface area contributed by atoms with Crippen LogP contribution in [0.15, 0.2) is 68.5 Å². The maximum atomic E-state index is 10.0. The van der Waals surface area contributed by atoms with Crippen LogP contribution in [0, 0.1) is 0 Å². The second-order valence-electron chi connectivity index (χ2n) is 6.11. The average molecular weight is 460 g/mol. The molecule has 1 aromatic heterocycles. The molecule has 8 heteroatoms. The lowest BCUT2D eigenvalue weighted by atomic mass is 10.2. The van der Waals surface area contributed by atoms with Crippen molar-refractivity contribution in [3.8, 4) is 28.5 Å². The van der Waals surface area contributed by atoms with Gasteiger partial charge in [-0.15, -0.1) is 11.3 Å². The summed E-state index contributed by atoms with van der Waals surface area (Å²) in [5.74, 6) is -1.42. The first-order valence-electron chi connectivity index (χ1n) is 8.26. The van der Waals surface area contributed by atoms with Crippen LogP contribution in [0.4, 0.5) is 0 Å². The summed E-state index contributed by atoms with van der Waals surface area (Å²) in [6.45, 7) is 6.24. The van der Waals surface area contributed by atoms with Crippen LogP contribution in [0.1, 0.15) is 12.5 Å². The Morgan fingerprint density at radius 1 is 1.14 bits per heavy atom. The number of rotatable bonds is 5. The van der Waals surface area contributed by atoms with E-state index in [2.05, 4.69) is 32.6 Å². The van der Waals surface area contributed by atoms with Crippen molar-refractivity contribution in [1.29, 1.82) is 0 Å². The van der Waals surface area contributed by atoms with Gasteiger partial charge in [-0.3, -0.25) is 4.99 Å². The van der Waals surface area contributed by atoms with Crippen molar-refractivity contribution >= 4 is 33.5 Å². The van der Waals surface area contributed by atoms with E-state index in [1.807, 2.05) is 36.6 Å². The van der Waals surface area contributed by atoms with E-state index >= 15 is 0 Å². The van der Waals surface area contributed by atoms with E-state index in [4.69, 9.17) is 0 Å². The third kappa shape index (κ3) is 4.35. The maximum absolute atomic E-state index is 10.0. The van der Waals surface area contributed by atoms with E-state index in [0.29, 0.717) is 11.3 Å². The van der Waals surface area contributed by atoms with E-state index in [1.165, 1.54) is 29.7 Å². The maximum Gasteiger partial charge on any atom is 0.206 e. The van der Waals surface area contributed by atoms with Crippen LogP contribution in [0.25, 0.3) is 11.3 Å². The molecule has 0 aliphatic rings. The normalized spacial score (nSPS) is 12.0. The van der Waals surface area contributed by atoms with Crippen molar-refractivity contribution in [1.82, 2.24) is 4.68 Å². The first-order chi connectivity index (χ1) is 13.4. The van der Waals surface area contributed by atoms with E-state index in [9.17, 15) is 15.3 Å². The van der Waals surface area contributed by atoms with Crippen molar-refractivity contribution in [2.24, 2.45) is 10.1 Å². The van der Waals surface area contributed by atoms with Crippen LogP contribution < -0.4 is 4.80 Å². The Hall–Kier alpha value is -2.84. The molecule has 0 bridgehead atoms. The molecule has 0 unspecified atom stereocenters. The first-order valence-corrected chi connectivity index (χ1v) is 9.93. The topological polar surface area (TPSA) is 90.3 Å². The third-order valence-corrected chi connectivity index (χ3v) is 5.17. The van der Waals surface area contributed by atoms with Gasteiger partial charge in [0, 0.05) is 21.0 Å². The SMILES string of the molecule is C=C(C)CN=c1scc(-c2ccc(Br)cc2)n1N=Cc1ccc(O)c(O)c1O. The van der Waals surface area contributed by atoms with Gasteiger partial charge in [-0.25, -0.2) is 4.68 Å². The highest BCUT2D eigenvalue weighted by atomic mass is 79.9. The molecule has 2 aromatic carbocycles. The largest absolute Gasteiger partial charge is 0.504 e. The van der Waals surface area contributed by atoms with Crippen molar-refractivity contribution < 1.29 is 15.3 Å². The zero-order valence-corrected chi connectivity index (χ0v) is 17.4. The number of aromatic nitrogens is 1. The molecule has 3 rings (SSSR count). The minimum Gasteiger partial charge on any atom is -0.504 e. The Labute approximate surface area is 174 Å². The van der Waals surface area contributed by atoms with Crippen molar-refractivity contribution in [2.45, 2.75) is 6.92 Å². The second kappa shape index (κ2) is 8.45. The molecule has 0 aliphatic heterocycles. The minimum absolute atomic E-state index is 0.265. The van der Waals surface area contributed by atoms with Crippen LogP contribution in [0.5, 0.6) is 17.2 Å². The molecule has 0 saturated carbocycles. The smallest absolute Gasteiger partial charge is 0.206 e. The van der Waals surface area contributed by atoms with E-state index in [-0.39, 0.29) is 5.56 Å². The zero-order valence-electron chi connectivity index (χ0n) is 15.0. The summed E-state index contributed by atoms with van der Waals surface area (Å²) in [4.78, 5) is 5.21. The van der Waals surface area contributed by atoms with E-state index in [1.54, 1.807) is 4.68 Å². The van der Waals surface area contributed by atoms with Crippen molar-refractivity contribution in [3.63, 3.8) is 0 Å². The highest BCUT2D eigenvalue weighted by Crippen LogP contribution is 2.36. The molecule has 0 radical (unpaired) electrons. The average Bonchev–Trinajstić information content (AvgIpc) is 3.07.